The number of halogens is 2. The van der Waals surface area contributed by atoms with E-state index in [1.165, 1.54) is 11.3 Å². The van der Waals surface area contributed by atoms with E-state index in [0.717, 1.165) is 22.0 Å². The molecule has 2 heterocycles. The molecule has 0 N–H and O–H groups in total. The van der Waals surface area contributed by atoms with Crippen LogP contribution in [0.5, 0.6) is 11.5 Å². The van der Waals surface area contributed by atoms with Crippen LogP contribution in [0.25, 0.3) is 10.2 Å². The van der Waals surface area contributed by atoms with Gasteiger partial charge in [0, 0.05) is 11.1 Å². The van der Waals surface area contributed by atoms with Crippen molar-refractivity contribution >= 4 is 60.1 Å². The Balaban J connectivity index is 1.81. The number of thiazole rings is 1. The van der Waals surface area contributed by atoms with Gasteiger partial charge in [-0.1, -0.05) is 38.9 Å². The van der Waals surface area contributed by atoms with Crippen molar-refractivity contribution in [2.75, 3.05) is 32.3 Å². The second-order valence-corrected chi connectivity index (χ2v) is 9.12. The molecular weight excluding hydrogens is 492 g/mol. The van der Waals surface area contributed by atoms with E-state index in [2.05, 4.69) is 15.9 Å². The van der Waals surface area contributed by atoms with E-state index in [1.54, 1.807) is 37.3 Å². The molecule has 1 aliphatic heterocycles. The van der Waals surface area contributed by atoms with E-state index >= 15 is 0 Å². The average molecular weight is 512 g/mol. The molecule has 0 spiro atoms. The lowest BCUT2D eigenvalue weighted by Crippen LogP contribution is -2.37. The zero-order chi connectivity index (χ0) is 21.3. The molecule has 0 radical (unpaired) electrons. The molecule has 1 atom stereocenters. The SMILES string of the molecule is COc1ccc(OC)c2sc(N(CC3CCCO3)C(=O)c3cc(Br)ccc3Cl)nc12. The van der Waals surface area contributed by atoms with Crippen LogP contribution in [0.4, 0.5) is 5.13 Å². The first-order valence-corrected chi connectivity index (χ1v) is 11.4. The fourth-order valence-electron chi connectivity index (χ4n) is 3.44. The van der Waals surface area contributed by atoms with Gasteiger partial charge in [0.1, 0.15) is 21.7 Å². The Bertz CT molecular complexity index is 1040. The van der Waals surface area contributed by atoms with Crippen LogP contribution in [0.3, 0.4) is 0 Å². The topological polar surface area (TPSA) is 60.9 Å². The minimum absolute atomic E-state index is 0.0457. The van der Waals surface area contributed by atoms with Crippen molar-refractivity contribution in [3.8, 4) is 11.5 Å². The second kappa shape index (κ2) is 9.09. The molecule has 30 heavy (non-hydrogen) atoms. The van der Waals surface area contributed by atoms with E-state index in [1.807, 2.05) is 12.1 Å². The van der Waals surface area contributed by atoms with Crippen LogP contribution in [-0.2, 0) is 4.74 Å². The Morgan fingerprint density at radius 2 is 2.07 bits per heavy atom. The van der Waals surface area contributed by atoms with Crippen LogP contribution in [0, 0.1) is 0 Å². The molecule has 1 fully saturated rings. The Kier molecular flexibility index (Phi) is 6.48. The largest absolute Gasteiger partial charge is 0.495 e. The monoisotopic (exact) mass is 510 g/mol. The lowest BCUT2D eigenvalue weighted by atomic mass is 10.1. The van der Waals surface area contributed by atoms with Crippen molar-refractivity contribution in [2.24, 2.45) is 0 Å². The zero-order valence-corrected chi connectivity index (χ0v) is 19.6. The first-order valence-electron chi connectivity index (χ1n) is 9.42. The number of rotatable bonds is 6. The summed E-state index contributed by atoms with van der Waals surface area (Å²) >= 11 is 11.2. The van der Waals surface area contributed by atoms with Crippen molar-refractivity contribution < 1.29 is 19.0 Å². The lowest BCUT2D eigenvalue weighted by molar-refractivity contribution is 0.0917. The van der Waals surface area contributed by atoms with Crippen LogP contribution >= 0.6 is 38.9 Å². The molecule has 1 aliphatic rings. The van der Waals surface area contributed by atoms with Crippen molar-refractivity contribution in [1.82, 2.24) is 4.98 Å². The lowest BCUT2D eigenvalue weighted by Gasteiger charge is -2.23. The van der Waals surface area contributed by atoms with Gasteiger partial charge < -0.3 is 14.2 Å². The van der Waals surface area contributed by atoms with Crippen LogP contribution < -0.4 is 14.4 Å². The third-order valence-electron chi connectivity index (χ3n) is 4.94. The molecule has 9 heteroatoms. The number of ether oxygens (including phenoxy) is 3. The number of aromatic nitrogens is 1. The minimum Gasteiger partial charge on any atom is -0.495 e. The van der Waals surface area contributed by atoms with E-state index in [0.29, 0.717) is 45.9 Å². The van der Waals surface area contributed by atoms with Gasteiger partial charge in [0.05, 0.1) is 37.5 Å². The van der Waals surface area contributed by atoms with Gasteiger partial charge in [-0.15, -0.1) is 0 Å². The van der Waals surface area contributed by atoms with Crippen molar-refractivity contribution in [2.45, 2.75) is 18.9 Å². The zero-order valence-electron chi connectivity index (χ0n) is 16.5. The van der Waals surface area contributed by atoms with Gasteiger partial charge in [-0.05, 0) is 43.2 Å². The fraction of sp³-hybridized carbons (Fsp3) is 0.333. The highest BCUT2D eigenvalue weighted by atomic mass is 79.9. The maximum Gasteiger partial charge on any atom is 0.261 e. The van der Waals surface area contributed by atoms with Gasteiger partial charge in [0.2, 0.25) is 0 Å². The number of methoxy groups -OCH3 is 2. The molecule has 4 rings (SSSR count). The van der Waals surface area contributed by atoms with Crippen LogP contribution in [-0.4, -0.2) is 44.4 Å². The van der Waals surface area contributed by atoms with Gasteiger partial charge in [0.15, 0.2) is 5.13 Å². The molecule has 1 saturated heterocycles. The summed E-state index contributed by atoms with van der Waals surface area (Å²) in [5.41, 5.74) is 1.06. The molecule has 2 aromatic carbocycles. The molecule has 1 aromatic heterocycles. The van der Waals surface area contributed by atoms with Gasteiger partial charge >= 0.3 is 0 Å². The standard InChI is InChI=1S/C21H20BrClN2O4S/c1-27-16-7-8-17(28-2)19-18(16)24-21(30-19)25(11-13-4-3-9-29-13)20(26)14-10-12(22)5-6-15(14)23/h5-8,10,13H,3-4,9,11H2,1-2H3. The molecule has 0 saturated carbocycles. The van der Waals surface area contributed by atoms with E-state index in [-0.39, 0.29) is 12.0 Å². The van der Waals surface area contributed by atoms with Crippen molar-refractivity contribution in [3.63, 3.8) is 0 Å². The summed E-state index contributed by atoms with van der Waals surface area (Å²) in [5.74, 6) is 1.08. The number of anilines is 1. The third-order valence-corrected chi connectivity index (χ3v) is 6.86. The van der Waals surface area contributed by atoms with Crippen LogP contribution in [0.2, 0.25) is 5.02 Å². The molecule has 3 aromatic rings. The maximum atomic E-state index is 13.6. The van der Waals surface area contributed by atoms with Gasteiger partial charge in [-0.25, -0.2) is 4.98 Å². The van der Waals surface area contributed by atoms with Gasteiger partial charge in [-0.3, -0.25) is 9.69 Å². The second-order valence-electron chi connectivity index (χ2n) is 6.82. The van der Waals surface area contributed by atoms with E-state index < -0.39 is 0 Å². The molecule has 1 unspecified atom stereocenters. The summed E-state index contributed by atoms with van der Waals surface area (Å²) < 4.78 is 18.4. The number of carbonyl (C=O) groups excluding carboxylic acids is 1. The Morgan fingerprint density at radius 3 is 2.77 bits per heavy atom. The molecule has 6 nitrogen and oxygen atoms in total. The highest BCUT2D eigenvalue weighted by Gasteiger charge is 2.29. The number of nitrogens with zero attached hydrogens (tertiary/aromatic N) is 2. The number of amides is 1. The molecule has 0 bridgehead atoms. The Hall–Kier alpha value is -1.87. The predicted molar refractivity (Wildman–Crippen MR) is 123 cm³/mol. The Labute approximate surface area is 191 Å². The minimum atomic E-state index is -0.228. The number of carbonyl (C=O) groups is 1. The van der Waals surface area contributed by atoms with E-state index in [4.69, 9.17) is 30.8 Å². The molecule has 1 amide bonds. The predicted octanol–water partition coefficient (Wildman–Crippen LogP) is 5.56. The average Bonchev–Trinajstić information content (AvgIpc) is 3.42. The fourth-order valence-corrected chi connectivity index (χ4v) is 5.08. The summed E-state index contributed by atoms with van der Waals surface area (Å²) in [6.07, 6.45) is 1.83. The normalized spacial score (nSPS) is 16.1. The number of benzene rings is 2. The molecule has 0 aliphatic carbocycles. The van der Waals surface area contributed by atoms with Crippen LogP contribution in [0.15, 0.2) is 34.8 Å². The van der Waals surface area contributed by atoms with Gasteiger partial charge in [0.25, 0.3) is 5.91 Å². The number of fused-ring (bicyclic) bond motifs is 1. The Morgan fingerprint density at radius 1 is 1.30 bits per heavy atom. The number of hydrogen-bond donors (Lipinski definition) is 0. The highest BCUT2D eigenvalue weighted by Crippen LogP contribution is 2.41. The molecule has 158 valence electrons. The maximum absolute atomic E-state index is 13.6. The van der Waals surface area contributed by atoms with Crippen LogP contribution in [0.1, 0.15) is 23.2 Å². The summed E-state index contributed by atoms with van der Waals surface area (Å²) in [5, 5.41) is 0.932. The molecular formula is C21H20BrClN2O4S. The van der Waals surface area contributed by atoms with E-state index in [9.17, 15) is 4.79 Å². The van der Waals surface area contributed by atoms with Gasteiger partial charge in [-0.2, -0.15) is 0 Å². The third kappa shape index (κ3) is 4.14. The first-order chi connectivity index (χ1) is 14.5. The smallest absolute Gasteiger partial charge is 0.261 e. The quantitative estimate of drug-likeness (QED) is 0.434. The first kappa shape index (κ1) is 21.4. The summed E-state index contributed by atoms with van der Waals surface area (Å²) in [6, 6.07) is 8.87. The van der Waals surface area contributed by atoms with Crippen molar-refractivity contribution in [3.05, 3.63) is 45.4 Å². The summed E-state index contributed by atoms with van der Waals surface area (Å²) in [4.78, 5) is 19.9. The highest BCUT2D eigenvalue weighted by molar-refractivity contribution is 9.10. The number of hydrogen-bond acceptors (Lipinski definition) is 6. The van der Waals surface area contributed by atoms with Crippen molar-refractivity contribution in [1.29, 1.82) is 0 Å². The summed E-state index contributed by atoms with van der Waals surface area (Å²) in [7, 11) is 3.20. The summed E-state index contributed by atoms with van der Waals surface area (Å²) in [6.45, 7) is 1.10.